The van der Waals surface area contributed by atoms with E-state index in [1.165, 1.54) is 0 Å². The number of nitrogens with zero attached hydrogens (tertiary/aromatic N) is 2. The fourth-order valence-electron chi connectivity index (χ4n) is 1.92. The summed E-state index contributed by atoms with van der Waals surface area (Å²) in [6, 6.07) is 5.70. The Kier molecular flexibility index (Phi) is 2.71. The summed E-state index contributed by atoms with van der Waals surface area (Å²) in [5.74, 6) is 0.227. The molecule has 0 bridgehead atoms. The zero-order valence-corrected chi connectivity index (χ0v) is 10.2. The molecule has 2 aromatic carbocycles. The Labute approximate surface area is 99.8 Å². The Balaban J connectivity index is 2.89. The van der Waals surface area contributed by atoms with Crippen molar-refractivity contribution < 1.29 is 5.11 Å². The van der Waals surface area contributed by atoms with Crippen LogP contribution in [-0.2, 0) is 0 Å². The van der Waals surface area contributed by atoms with Crippen LogP contribution in [0.1, 0.15) is 11.1 Å². The lowest BCUT2D eigenvalue weighted by Crippen LogP contribution is -1.91. The van der Waals surface area contributed by atoms with Crippen LogP contribution in [0.4, 0.5) is 11.4 Å². The lowest BCUT2D eigenvalue weighted by atomic mass is 9.99. The van der Waals surface area contributed by atoms with Gasteiger partial charge in [-0.05, 0) is 36.4 Å². The Morgan fingerprint density at radius 2 is 1.94 bits per heavy atom. The molecule has 0 aliphatic carbocycles. The number of hydrogen-bond acceptors (Lipinski definition) is 4. The van der Waals surface area contributed by atoms with Crippen LogP contribution < -0.4 is 5.73 Å². The van der Waals surface area contributed by atoms with Crippen LogP contribution in [0, 0.1) is 13.8 Å². The number of nitrogen functional groups attached to an aromatic ring is 1. The molecule has 0 fully saturated rings. The van der Waals surface area contributed by atoms with E-state index >= 15 is 0 Å². The largest absolute Gasteiger partial charge is 0.507 e. The first kappa shape index (κ1) is 11.4. The van der Waals surface area contributed by atoms with Crippen molar-refractivity contribution in [3.05, 3.63) is 29.3 Å². The van der Waals surface area contributed by atoms with E-state index < -0.39 is 0 Å². The molecule has 0 spiro atoms. The Morgan fingerprint density at radius 1 is 1.24 bits per heavy atom. The van der Waals surface area contributed by atoms with Gasteiger partial charge >= 0.3 is 0 Å². The molecule has 0 saturated carbocycles. The average molecular weight is 229 g/mol. The molecule has 0 atom stereocenters. The molecule has 0 heterocycles. The minimum atomic E-state index is 0.227. The monoisotopic (exact) mass is 229 g/mol. The third-order valence-corrected chi connectivity index (χ3v) is 3.02. The van der Waals surface area contributed by atoms with Crippen molar-refractivity contribution in [3.63, 3.8) is 0 Å². The summed E-state index contributed by atoms with van der Waals surface area (Å²) in [7, 11) is 1.59. The molecule has 0 aromatic heterocycles. The van der Waals surface area contributed by atoms with Gasteiger partial charge in [-0.15, -0.1) is 0 Å². The molecule has 2 aromatic rings. The van der Waals surface area contributed by atoms with Crippen LogP contribution in [0.5, 0.6) is 5.75 Å². The predicted molar refractivity (Wildman–Crippen MR) is 69.9 cm³/mol. The Hall–Kier alpha value is -2.10. The summed E-state index contributed by atoms with van der Waals surface area (Å²) in [5.41, 5.74) is 8.94. The molecular weight excluding hydrogens is 214 g/mol. The zero-order valence-electron chi connectivity index (χ0n) is 10.2. The van der Waals surface area contributed by atoms with Crippen molar-refractivity contribution in [1.82, 2.24) is 0 Å². The van der Waals surface area contributed by atoms with Crippen LogP contribution in [-0.4, -0.2) is 12.2 Å². The summed E-state index contributed by atoms with van der Waals surface area (Å²) in [6.07, 6.45) is 0. The van der Waals surface area contributed by atoms with E-state index in [1.807, 2.05) is 26.0 Å². The number of phenolic OH excluding ortho intramolecular Hbond substituents is 1. The molecule has 0 radical (unpaired) electrons. The maximum absolute atomic E-state index is 10.2. The molecule has 0 unspecified atom stereocenters. The number of fused-ring (bicyclic) bond motifs is 1. The second-order valence-corrected chi connectivity index (χ2v) is 4.06. The van der Waals surface area contributed by atoms with Gasteiger partial charge in [0.05, 0.1) is 5.69 Å². The zero-order chi connectivity index (χ0) is 12.6. The second-order valence-electron chi connectivity index (χ2n) is 4.06. The highest BCUT2D eigenvalue weighted by Gasteiger charge is 2.12. The number of anilines is 1. The van der Waals surface area contributed by atoms with E-state index in [9.17, 15) is 5.11 Å². The number of hydrogen-bond donors (Lipinski definition) is 2. The molecule has 0 aliphatic rings. The topological polar surface area (TPSA) is 71.0 Å². The first-order valence-corrected chi connectivity index (χ1v) is 5.37. The van der Waals surface area contributed by atoms with Gasteiger partial charge in [-0.1, -0.05) is 12.1 Å². The predicted octanol–water partition coefficient (Wildman–Crippen LogP) is 3.46. The molecule has 2 rings (SSSR count). The normalized spacial score (nSPS) is 11.5. The first-order chi connectivity index (χ1) is 8.06. The summed E-state index contributed by atoms with van der Waals surface area (Å²) in [4.78, 5) is 0. The fourth-order valence-corrected chi connectivity index (χ4v) is 1.92. The van der Waals surface area contributed by atoms with Crippen LogP contribution in [0.15, 0.2) is 28.4 Å². The highest BCUT2D eigenvalue weighted by Crippen LogP contribution is 2.39. The quantitative estimate of drug-likeness (QED) is 0.580. The van der Waals surface area contributed by atoms with E-state index in [-0.39, 0.29) is 5.75 Å². The number of azo groups is 1. The van der Waals surface area contributed by atoms with E-state index in [1.54, 1.807) is 13.1 Å². The summed E-state index contributed by atoms with van der Waals surface area (Å²) >= 11 is 0. The van der Waals surface area contributed by atoms with Crippen LogP contribution >= 0.6 is 0 Å². The Bertz CT molecular complexity index is 618. The first-order valence-electron chi connectivity index (χ1n) is 5.37. The van der Waals surface area contributed by atoms with E-state index in [2.05, 4.69) is 10.2 Å². The van der Waals surface area contributed by atoms with E-state index in [0.29, 0.717) is 16.8 Å². The second kappa shape index (κ2) is 4.05. The van der Waals surface area contributed by atoms with Crippen molar-refractivity contribution in [3.8, 4) is 5.75 Å². The fraction of sp³-hybridized carbons (Fsp3) is 0.231. The van der Waals surface area contributed by atoms with Crippen molar-refractivity contribution >= 4 is 22.1 Å². The van der Waals surface area contributed by atoms with Gasteiger partial charge in [0.1, 0.15) is 11.4 Å². The average Bonchev–Trinajstić information content (AvgIpc) is 2.30. The minimum absolute atomic E-state index is 0.227. The highest BCUT2D eigenvalue weighted by atomic mass is 16.3. The molecule has 3 N–H and O–H groups in total. The highest BCUT2D eigenvalue weighted by molar-refractivity contribution is 6.03. The minimum Gasteiger partial charge on any atom is -0.507 e. The van der Waals surface area contributed by atoms with Gasteiger partial charge in [0, 0.05) is 12.4 Å². The van der Waals surface area contributed by atoms with Gasteiger partial charge in [0.15, 0.2) is 0 Å². The molecule has 0 aliphatic heterocycles. The van der Waals surface area contributed by atoms with Crippen LogP contribution in [0.3, 0.4) is 0 Å². The molecule has 4 nitrogen and oxygen atoms in total. The summed E-state index contributed by atoms with van der Waals surface area (Å²) in [6.45, 7) is 3.84. The molecule has 0 amide bonds. The number of aromatic hydroxyl groups is 1. The van der Waals surface area contributed by atoms with Gasteiger partial charge < -0.3 is 10.8 Å². The van der Waals surface area contributed by atoms with Crippen molar-refractivity contribution in [2.45, 2.75) is 13.8 Å². The lowest BCUT2D eigenvalue weighted by Gasteiger charge is -2.11. The summed E-state index contributed by atoms with van der Waals surface area (Å²) < 4.78 is 0. The molecule has 17 heavy (non-hydrogen) atoms. The maximum Gasteiger partial charge on any atom is 0.128 e. The third-order valence-electron chi connectivity index (χ3n) is 3.02. The maximum atomic E-state index is 10.2. The van der Waals surface area contributed by atoms with Gasteiger partial charge in [0.2, 0.25) is 0 Å². The Morgan fingerprint density at radius 3 is 2.59 bits per heavy atom. The van der Waals surface area contributed by atoms with Gasteiger partial charge in [-0.3, -0.25) is 0 Å². The van der Waals surface area contributed by atoms with E-state index in [4.69, 9.17) is 5.73 Å². The van der Waals surface area contributed by atoms with Crippen LogP contribution in [0.25, 0.3) is 10.8 Å². The summed E-state index contributed by atoms with van der Waals surface area (Å²) in [5, 5.41) is 19.4. The van der Waals surface area contributed by atoms with Crippen molar-refractivity contribution in [2.75, 3.05) is 12.8 Å². The van der Waals surface area contributed by atoms with Gasteiger partial charge in [0.25, 0.3) is 0 Å². The van der Waals surface area contributed by atoms with Crippen molar-refractivity contribution in [2.24, 2.45) is 10.2 Å². The number of rotatable bonds is 1. The molecule has 4 heteroatoms. The smallest absolute Gasteiger partial charge is 0.128 e. The molecule has 88 valence electrons. The lowest BCUT2D eigenvalue weighted by molar-refractivity contribution is 0.477. The van der Waals surface area contributed by atoms with Crippen LogP contribution in [0.2, 0.25) is 0 Å². The number of benzene rings is 2. The number of aryl methyl sites for hydroxylation is 1. The standard InChI is InChI=1S/C13H15N3O/c1-7-6-9-4-5-10(16-15-3)12(14)11(9)13(17)8(7)2/h4-6,17H,14H2,1-3H3. The van der Waals surface area contributed by atoms with Gasteiger partial charge in [-0.25, -0.2) is 0 Å². The van der Waals surface area contributed by atoms with E-state index in [0.717, 1.165) is 16.5 Å². The third kappa shape index (κ3) is 1.71. The number of phenols is 1. The number of nitrogens with two attached hydrogens (primary N) is 1. The molecule has 0 saturated heterocycles. The van der Waals surface area contributed by atoms with Gasteiger partial charge in [-0.2, -0.15) is 10.2 Å². The van der Waals surface area contributed by atoms with Crippen molar-refractivity contribution in [1.29, 1.82) is 0 Å². The molecular formula is C13H15N3O. The SMILES string of the molecule is CN=Nc1ccc2cc(C)c(C)c(O)c2c1N.